The summed E-state index contributed by atoms with van der Waals surface area (Å²) in [7, 11) is 0. The van der Waals surface area contributed by atoms with Crippen molar-refractivity contribution < 1.29 is 5.11 Å². The highest BCUT2D eigenvalue weighted by molar-refractivity contribution is 5.78. The van der Waals surface area contributed by atoms with Crippen LogP contribution in [0.1, 0.15) is 44.5 Å². The number of aliphatic hydroxyl groups is 1. The molecule has 0 amide bonds. The molecule has 138 valence electrons. The Labute approximate surface area is 154 Å². The number of nitrogens with zero attached hydrogens (tertiary/aromatic N) is 5. The first kappa shape index (κ1) is 17.1. The van der Waals surface area contributed by atoms with Crippen molar-refractivity contribution in [3.63, 3.8) is 0 Å². The molecule has 3 heterocycles. The second kappa shape index (κ2) is 7.11. The van der Waals surface area contributed by atoms with E-state index in [0.717, 1.165) is 42.9 Å². The van der Waals surface area contributed by atoms with Gasteiger partial charge >= 0.3 is 0 Å². The Kier molecular flexibility index (Phi) is 4.68. The molecule has 6 heteroatoms. The zero-order valence-corrected chi connectivity index (χ0v) is 15.5. The van der Waals surface area contributed by atoms with Crippen LogP contribution in [0.15, 0.2) is 36.7 Å². The van der Waals surface area contributed by atoms with Gasteiger partial charge in [-0.25, -0.2) is 9.97 Å². The Morgan fingerprint density at radius 3 is 2.69 bits per heavy atom. The normalized spacial score (nSPS) is 16.1. The van der Waals surface area contributed by atoms with Crippen molar-refractivity contribution in [3.05, 3.63) is 42.5 Å². The molecule has 6 nitrogen and oxygen atoms in total. The molecule has 0 saturated carbocycles. The quantitative estimate of drug-likeness (QED) is 0.765. The van der Waals surface area contributed by atoms with E-state index in [0.29, 0.717) is 18.5 Å². The van der Waals surface area contributed by atoms with Crippen LogP contribution in [0.5, 0.6) is 0 Å². The van der Waals surface area contributed by atoms with Crippen molar-refractivity contribution in [3.8, 4) is 0 Å². The maximum atomic E-state index is 9.49. The van der Waals surface area contributed by atoms with E-state index in [2.05, 4.69) is 45.1 Å². The van der Waals surface area contributed by atoms with E-state index in [1.54, 1.807) is 0 Å². The summed E-state index contributed by atoms with van der Waals surface area (Å²) in [5.74, 6) is 2.69. The van der Waals surface area contributed by atoms with Crippen LogP contribution < -0.4 is 4.90 Å². The van der Waals surface area contributed by atoms with Gasteiger partial charge in [0.15, 0.2) is 0 Å². The van der Waals surface area contributed by atoms with Crippen molar-refractivity contribution in [2.45, 2.75) is 45.2 Å². The summed E-state index contributed by atoms with van der Waals surface area (Å²) in [6.45, 7) is 7.03. The van der Waals surface area contributed by atoms with Gasteiger partial charge in [0.2, 0.25) is 5.95 Å². The average molecular weight is 353 g/mol. The first-order valence-electron chi connectivity index (χ1n) is 9.53. The second-order valence-corrected chi connectivity index (χ2v) is 7.32. The number of para-hydroxylation sites is 2. The molecule has 0 atom stereocenters. The van der Waals surface area contributed by atoms with Crippen molar-refractivity contribution >= 4 is 17.0 Å². The molecule has 1 saturated heterocycles. The highest BCUT2D eigenvalue weighted by atomic mass is 16.3. The predicted molar refractivity (Wildman–Crippen MR) is 104 cm³/mol. The summed E-state index contributed by atoms with van der Waals surface area (Å²) >= 11 is 0. The molecule has 0 unspecified atom stereocenters. The minimum absolute atomic E-state index is 0.121. The fraction of sp³-hybridized carbons (Fsp3) is 0.500. The van der Waals surface area contributed by atoms with Gasteiger partial charge in [0.1, 0.15) is 5.82 Å². The molecule has 0 radical (unpaired) electrons. The van der Waals surface area contributed by atoms with Gasteiger partial charge in [-0.1, -0.05) is 12.1 Å². The van der Waals surface area contributed by atoms with E-state index < -0.39 is 0 Å². The van der Waals surface area contributed by atoms with Crippen LogP contribution in [-0.4, -0.2) is 43.9 Å². The highest BCUT2D eigenvalue weighted by Gasteiger charge is 2.27. The Hall–Kier alpha value is -2.34. The topological polar surface area (TPSA) is 59.1 Å². The Bertz CT molecular complexity index is 873. The van der Waals surface area contributed by atoms with E-state index in [4.69, 9.17) is 4.98 Å². The molecular weight excluding hydrogens is 326 g/mol. The number of piperidine rings is 1. The van der Waals surface area contributed by atoms with Crippen molar-refractivity contribution in [1.29, 1.82) is 0 Å². The first-order valence-corrected chi connectivity index (χ1v) is 9.53. The molecule has 1 fully saturated rings. The Balaban J connectivity index is 1.56. The maximum Gasteiger partial charge on any atom is 0.206 e. The van der Waals surface area contributed by atoms with Crippen molar-refractivity contribution in [2.75, 3.05) is 24.6 Å². The van der Waals surface area contributed by atoms with Gasteiger partial charge in [0, 0.05) is 44.0 Å². The summed E-state index contributed by atoms with van der Waals surface area (Å²) in [6.07, 6.45) is 6.16. The molecule has 3 aromatic rings. The third-order valence-electron chi connectivity index (χ3n) is 5.36. The van der Waals surface area contributed by atoms with Crippen LogP contribution in [0.3, 0.4) is 0 Å². The molecule has 0 bridgehead atoms. The minimum atomic E-state index is 0.121. The maximum absolute atomic E-state index is 9.49. The van der Waals surface area contributed by atoms with Gasteiger partial charge in [-0.15, -0.1) is 0 Å². The van der Waals surface area contributed by atoms with E-state index in [9.17, 15) is 5.11 Å². The monoisotopic (exact) mass is 353 g/mol. The first-order chi connectivity index (χ1) is 12.7. The van der Waals surface area contributed by atoms with Crippen LogP contribution in [0.25, 0.3) is 11.0 Å². The third-order valence-corrected chi connectivity index (χ3v) is 5.36. The summed E-state index contributed by atoms with van der Waals surface area (Å²) < 4.78 is 4.44. The van der Waals surface area contributed by atoms with Crippen LogP contribution >= 0.6 is 0 Å². The molecule has 1 aliphatic rings. The molecule has 4 rings (SSSR count). The number of anilines is 1. The van der Waals surface area contributed by atoms with Crippen molar-refractivity contribution in [2.24, 2.45) is 0 Å². The van der Waals surface area contributed by atoms with E-state index >= 15 is 0 Å². The van der Waals surface area contributed by atoms with Crippen LogP contribution in [0.2, 0.25) is 0 Å². The number of aromatic nitrogens is 4. The van der Waals surface area contributed by atoms with Gasteiger partial charge < -0.3 is 19.1 Å². The number of hydrogen-bond donors (Lipinski definition) is 1. The summed E-state index contributed by atoms with van der Waals surface area (Å²) in [4.78, 5) is 11.8. The molecule has 1 aromatic carbocycles. The number of benzene rings is 1. The standard InChI is InChI=1S/C20H27N5O/c1-15(2)24-12-9-21-19(24)16-7-10-23(11-8-16)20-22-17-5-3-4-6-18(17)25(20)13-14-26/h3-6,9,12,15-16,26H,7-8,10-11,13-14H2,1-2H3. The Morgan fingerprint density at radius 2 is 1.96 bits per heavy atom. The molecular formula is C20H27N5O. The zero-order chi connectivity index (χ0) is 18.1. The largest absolute Gasteiger partial charge is 0.395 e. The summed E-state index contributed by atoms with van der Waals surface area (Å²) in [5, 5.41) is 9.49. The fourth-order valence-corrected chi connectivity index (χ4v) is 4.04. The van der Waals surface area contributed by atoms with E-state index in [1.807, 2.05) is 24.4 Å². The highest BCUT2D eigenvalue weighted by Crippen LogP contribution is 2.32. The summed E-state index contributed by atoms with van der Waals surface area (Å²) in [5.41, 5.74) is 2.09. The van der Waals surface area contributed by atoms with Crippen LogP contribution in [-0.2, 0) is 6.54 Å². The molecule has 2 aromatic heterocycles. The number of imidazole rings is 2. The molecule has 26 heavy (non-hydrogen) atoms. The molecule has 0 spiro atoms. The van der Waals surface area contributed by atoms with Gasteiger partial charge in [-0.2, -0.15) is 0 Å². The number of hydrogen-bond acceptors (Lipinski definition) is 4. The lowest BCUT2D eigenvalue weighted by Gasteiger charge is -2.33. The average Bonchev–Trinajstić information content (AvgIpc) is 3.28. The van der Waals surface area contributed by atoms with Gasteiger partial charge in [-0.05, 0) is 38.8 Å². The zero-order valence-electron chi connectivity index (χ0n) is 15.5. The van der Waals surface area contributed by atoms with Gasteiger partial charge in [0.25, 0.3) is 0 Å². The summed E-state index contributed by atoms with van der Waals surface area (Å²) in [6, 6.07) is 8.60. The second-order valence-electron chi connectivity index (χ2n) is 7.32. The fourth-order valence-electron chi connectivity index (χ4n) is 4.04. The van der Waals surface area contributed by atoms with E-state index in [-0.39, 0.29) is 6.61 Å². The molecule has 1 aliphatic heterocycles. The Morgan fingerprint density at radius 1 is 1.19 bits per heavy atom. The molecule has 0 aliphatic carbocycles. The lowest BCUT2D eigenvalue weighted by molar-refractivity contribution is 0.277. The lowest BCUT2D eigenvalue weighted by Crippen LogP contribution is -2.35. The number of rotatable bonds is 5. The SMILES string of the molecule is CC(C)n1ccnc1C1CCN(c2nc3ccccc3n2CCO)CC1. The predicted octanol–water partition coefficient (Wildman–Crippen LogP) is 3.19. The number of fused-ring (bicyclic) bond motifs is 1. The van der Waals surface area contributed by atoms with Crippen molar-refractivity contribution in [1.82, 2.24) is 19.1 Å². The molecule has 1 N–H and O–H groups in total. The smallest absolute Gasteiger partial charge is 0.206 e. The minimum Gasteiger partial charge on any atom is -0.395 e. The van der Waals surface area contributed by atoms with E-state index in [1.165, 1.54) is 5.82 Å². The van der Waals surface area contributed by atoms with Gasteiger partial charge in [0.05, 0.1) is 17.6 Å². The number of aliphatic hydroxyl groups excluding tert-OH is 1. The van der Waals surface area contributed by atoms with Crippen LogP contribution in [0, 0.1) is 0 Å². The van der Waals surface area contributed by atoms with Gasteiger partial charge in [-0.3, -0.25) is 0 Å². The lowest BCUT2D eigenvalue weighted by atomic mass is 9.96. The van der Waals surface area contributed by atoms with Crippen LogP contribution in [0.4, 0.5) is 5.95 Å². The third kappa shape index (κ3) is 2.98.